The molecule has 2 heterocycles. The fraction of sp³-hybridized carbons (Fsp3) is 0.217. The second-order valence-corrected chi connectivity index (χ2v) is 7.72. The van der Waals surface area contributed by atoms with E-state index in [1.54, 1.807) is 30.3 Å². The van der Waals surface area contributed by atoms with Crippen molar-refractivity contribution in [1.82, 2.24) is 14.9 Å². The van der Waals surface area contributed by atoms with Gasteiger partial charge in [0.15, 0.2) is 5.82 Å². The van der Waals surface area contributed by atoms with Gasteiger partial charge in [0.2, 0.25) is 11.9 Å². The molecule has 1 aliphatic heterocycles. The number of ether oxygens (including phenoxy) is 1. The molecule has 0 saturated carbocycles. The Bertz CT molecular complexity index is 1160. The van der Waals surface area contributed by atoms with Gasteiger partial charge in [-0.15, -0.1) is 0 Å². The maximum Gasteiger partial charge on any atom is 0.238 e. The van der Waals surface area contributed by atoms with Crippen molar-refractivity contribution in [2.24, 2.45) is 0 Å². The molecule has 33 heavy (non-hydrogen) atoms. The minimum atomic E-state index is -0.0630. The standard InChI is InChI=1S/C23H22ClN7O2/c24-19-14-26-23(30-22(19)29-20-4-2-1-3-16(20)13-25)28-18-7-5-17(6-8-18)27-21(32)15-31-9-11-33-12-10-31/h1-8,14H,9-12,15H2,(H,27,32)(H2,26,28,29,30). The van der Waals surface area contributed by atoms with Gasteiger partial charge in [0.25, 0.3) is 0 Å². The van der Waals surface area contributed by atoms with Gasteiger partial charge in [0, 0.05) is 24.5 Å². The van der Waals surface area contributed by atoms with Crippen LogP contribution in [0.4, 0.5) is 28.8 Å². The maximum atomic E-state index is 12.3. The number of hydrogen-bond donors (Lipinski definition) is 3. The van der Waals surface area contributed by atoms with Gasteiger partial charge in [0.1, 0.15) is 11.1 Å². The quantitative estimate of drug-likeness (QED) is 0.485. The molecule has 1 aromatic heterocycles. The molecule has 0 bridgehead atoms. The molecule has 1 fully saturated rings. The molecule has 1 aliphatic rings. The summed E-state index contributed by atoms with van der Waals surface area (Å²) < 4.78 is 5.30. The number of nitriles is 1. The molecule has 3 N–H and O–H groups in total. The monoisotopic (exact) mass is 463 g/mol. The molecular formula is C23H22ClN7O2. The van der Waals surface area contributed by atoms with E-state index in [1.807, 2.05) is 18.2 Å². The van der Waals surface area contributed by atoms with E-state index in [4.69, 9.17) is 16.3 Å². The summed E-state index contributed by atoms with van der Waals surface area (Å²) in [5, 5.41) is 18.7. The van der Waals surface area contributed by atoms with Gasteiger partial charge in [0.05, 0.1) is 37.2 Å². The van der Waals surface area contributed by atoms with Gasteiger partial charge >= 0.3 is 0 Å². The third-order valence-corrected chi connectivity index (χ3v) is 5.22. The summed E-state index contributed by atoms with van der Waals surface area (Å²) in [6, 6.07) is 16.5. The number of carbonyl (C=O) groups is 1. The Labute approximate surface area is 196 Å². The highest BCUT2D eigenvalue weighted by atomic mass is 35.5. The Balaban J connectivity index is 1.38. The number of rotatable bonds is 7. The molecule has 0 unspecified atom stereocenters. The number of para-hydroxylation sites is 1. The molecule has 1 amide bonds. The zero-order valence-electron chi connectivity index (χ0n) is 17.7. The molecule has 1 saturated heterocycles. The highest BCUT2D eigenvalue weighted by Crippen LogP contribution is 2.26. The van der Waals surface area contributed by atoms with Gasteiger partial charge in [-0.3, -0.25) is 9.69 Å². The average Bonchev–Trinajstić information content (AvgIpc) is 2.83. The zero-order valence-corrected chi connectivity index (χ0v) is 18.5. The third-order valence-electron chi connectivity index (χ3n) is 4.94. The fourth-order valence-corrected chi connectivity index (χ4v) is 3.40. The maximum absolute atomic E-state index is 12.3. The van der Waals surface area contributed by atoms with Crippen LogP contribution in [0, 0.1) is 11.3 Å². The second-order valence-electron chi connectivity index (χ2n) is 7.31. The molecule has 0 atom stereocenters. The predicted molar refractivity (Wildman–Crippen MR) is 127 cm³/mol. The molecule has 2 aromatic carbocycles. The number of carbonyl (C=O) groups excluding carboxylic acids is 1. The van der Waals surface area contributed by atoms with Gasteiger partial charge in [-0.2, -0.15) is 10.2 Å². The first-order chi connectivity index (χ1) is 16.1. The van der Waals surface area contributed by atoms with E-state index in [-0.39, 0.29) is 5.91 Å². The molecule has 0 spiro atoms. The van der Waals surface area contributed by atoms with Gasteiger partial charge in [-0.1, -0.05) is 23.7 Å². The Morgan fingerprint density at radius 3 is 2.58 bits per heavy atom. The van der Waals surface area contributed by atoms with Crippen LogP contribution < -0.4 is 16.0 Å². The van der Waals surface area contributed by atoms with Crippen LogP contribution in [0.25, 0.3) is 0 Å². The van der Waals surface area contributed by atoms with Gasteiger partial charge in [-0.05, 0) is 36.4 Å². The van der Waals surface area contributed by atoms with Crippen LogP contribution in [0.3, 0.4) is 0 Å². The van der Waals surface area contributed by atoms with Crippen LogP contribution in [0.5, 0.6) is 0 Å². The number of anilines is 5. The van der Waals surface area contributed by atoms with Crippen LogP contribution in [0.2, 0.25) is 5.02 Å². The lowest BCUT2D eigenvalue weighted by Crippen LogP contribution is -2.41. The molecule has 10 heteroatoms. The van der Waals surface area contributed by atoms with Crippen molar-refractivity contribution in [2.45, 2.75) is 0 Å². The molecule has 168 valence electrons. The SMILES string of the molecule is N#Cc1ccccc1Nc1nc(Nc2ccc(NC(=O)CN3CCOCC3)cc2)ncc1Cl. The number of halogens is 1. The van der Waals surface area contributed by atoms with Crippen LogP contribution in [-0.4, -0.2) is 53.6 Å². The van der Waals surface area contributed by atoms with Crippen molar-refractivity contribution in [3.05, 3.63) is 65.3 Å². The lowest BCUT2D eigenvalue weighted by molar-refractivity contribution is -0.118. The lowest BCUT2D eigenvalue weighted by Gasteiger charge is -2.25. The normalized spacial score (nSPS) is 13.7. The predicted octanol–water partition coefficient (Wildman–Crippen LogP) is 3.76. The highest BCUT2D eigenvalue weighted by Gasteiger charge is 2.14. The molecule has 0 aliphatic carbocycles. The molecule has 0 radical (unpaired) electrons. The number of hydrogen-bond acceptors (Lipinski definition) is 8. The van der Waals surface area contributed by atoms with Crippen LogP contribution in [0.1, 0.15) is 5.56 Å². The summed E-state index contributed by atoms with van der Waals surface area (Å²) in [5.74, 6) is 0.649. The Hall–Kier alpha value is -3.71. The van der Waals surface area contributed by atoms with Crippen molar-refractivity contribution in [2.75, 3.05) is 48.8 Å². The fourth-order valence-electron chi connectivity index (χ4n) is 3.26. The summed E-state index contributed by atoms with van der Waals surface area (Å²) in [6.07, 6.45) is 1.48. The Morgan fingerprint density at radius 2 is 1.82 bits per heavy atom. The number of amides is 1. The minimum Gasteiger partial charge on any atom is -0.379 e. The summed E-state index contributed by atoms with van der Waals surface area (Å²) in [5.41, 5.74) is 2.52. The van der Waals surface area contributed by atoms with E-state index >= 15 is 0 Å². The summed E-state index contributed by atoms with van der Waals surface area (Å²) in [4.78, 5) is 22.9. The zero-order chi connectivity index (χ0) is 23.0. The first kappa shape index (κ1) is 22.5. The van der Waals surface area contributed by atoms with Crippen molar-refractivity contribution < 1.29 is 9.53 Å². The molecule has 9 nitrogen and oxygen atoms in total. The van der Waals surface area contributed by atoms with E-state index in [2.05, 4.69) is 36.9 Å². The third kappa shape index (κ3) is 6.17. The second kappa shape index (κ2) is 10.7. The molecular weight excluding hydrogens is 442 g/mol. The number of nitrogens with zero attached hydrogens (tertiary/aromatic N) is 4. The van der Waals surface area contributed by atoms with Crippen LogP contribution in [-0.2, 0) is 9.53 Å². The summed E-state index contributed by atoms with van der Waals surface area (Å²) in [7, 11) is 0. The molecule has 4 rings (SSSR count). The Morgan fingerprint density at radius 1 is 1.09 bits per heavy atom. The van der Waals surface area contributed by atoms with Crippen molar-refractivity contribution >= 4 is 46.3 Å². The minimum absolute atomic E-state index is 0.0630. The van der Waals surface area contributed by atoms with E-state index in [9.17, 15) is 10.1 Å². The summed E-state index contributed by atoms with van der Waals surface area (Å²) >= 11 is 6.23. The first-order valence-corrected chi connectivity index (χ1v) is 10.7. The number of morpholine rings is 1. The number of aromatic nitrogens is 2. The highest BCUT2D eigenvalue weighted by molar-refractivity contribution is 6.32. The van der Waals surface area contributed by atoms with Gasteiger partial charge < -0.3 is 20.7 Å². The average molecular weight is 464 g/mol. The number of nitrogens with one attached hydrogen (secondary N) is 3. The topological polar surface area (TPSA) is 115 Å². The summed E-state index contributed by atoms with van der Waals surface area (Å²) in [6.45, 7) is 3.17. The molecule has 3 aromatic rings. The van der Waals surface area contributed by atoms with E-state index < -0.39 is 0 Å². The van der Waals surface area contributed by atoms with E-state index in [1.165, 1.54) is 6.20 Å². The van der Waals surface area contributed by atoms with Crippen molar-refractivity contribution in [3.8, 4) is 6.07 Å². The Kier molecular flexibility index (Phi) is 7.32. The van der Waals surface area contributed by atoms with E-state index in [0.717, 1.165) is 18.8 Å². The van der Waals surface area contributed by atoms with Crippen LogP contribution >= 0.6 is 11.6 Å². The van der Waals surface area contributed by atoms with Crippen LogP contribution in [0.15, 0.2) is 54.7 Å². The van der Waals surface area contributed by atoms with Gasteiger partial charge in [-0.25, -0.2) is 4.98 Å². The number of benzene rings is 2. The van der Waals surface area contributed by atoms with Crippen molar-refractivity contribution in [1.29, 1.82) is 5.26 Å². The lowest BCUT2D eigenvalue weighted by atomic mass is 10.2. The van der Waals surface area contributed by atoms with E-state index in [0.29, 0.717) is 53.5 Å². The largest absolute Gasteiger partial charge is 0.379 e. The smallest absolute Gasteiger partial charge is 0.238 e. The first-order valence-electron chi connectivity index (χ1n) is 10.4. The van der Waals surface area contributed by atoms with Crippen molar-refractivity contribution in [3.63, 3.8) is 0 Å².